The van der Waals surface area contributed by atoms with Crippen molar-refractivity contribution in [3.8, 4) is 0 Å². The Labute approximate surface area is 124 Å². The standard InChI is InChI=1S/C19H18N2/c20-18(12-15-11-14-5-1-2-8-16(14)15)17-9-3-6-13-7-4-10-21-19(13)17/h1-10,15,18H,11-12,20H2. The smallest absolute Gasteiger partial charge is 0.0749 e. The average molecular weight is 274 g/mol. The van der Waals surface area contributed by atoms with E-state index < -0.39 is 0 Å². The number of hydrogen-bond donors (Lipinski definition) is 1. The second-order valence-corrected chi connectivity index (χ2v) is 5.86. The van der Waals surface area contributed by atoms with E-state index in [0.29, 0.717) is 5.92 Å². The topological polar surface area (TPSA) is 38.9 Å². The third-order valence-corrected chi connectivity index (χ3v) is 4.56. The molecule has 0 aliphatic heterocycles. The molecule has 0 fully saturated rings. The zero-order valence-corrected chi connectivity index (χ0v) is 11.9. The van der Waals surface area contributed by atoms with Gasteiger partial charge < -0.3 is 5.73 Å². The summed E-state index contributed by atoms with van der Waals surface area (Å²) in [5, 5.41) is 1.17. The number of rotatable bonds is 3. The Kier molecular flexibility index (Phi) is 2.97. The predicted octanol–water partition coefficient (Wildman–Crippen LogP) is 3.96. The molecule has 0 radical (unpaired) electrons. The van der Waals surface area contributed by atoms with Crippen LogP contribution in [0.15, 0.2) is 60.8 Å². The van der Waals surface area contributed by atoms with Crippen molar-refractivity contribution in [2.45, 2.75) is 24.8 Å². The molecule has 1 aliphatic rings. The maximum Gasteiger partial charge on any atom is 0.0749 e. The van der Waals surface area contributed by atoms with Crippen LogP contribution >= 0.6 is 0 Å². The van der Waals surface area contributed by atoms with Crippen LogP contribution in [0.3, 0.4) is 0 Å². The van der Waals surface area contributed by atoms with Gasteiger partial charge in [-0.15, -0.1) is 0 Å². The van der Waals surface area contributed by atoms with Crippen LogP contribution in [-0.2, 0) is 6.42 Å². The first-order chi connectivity index (χ1) is 10.3. The lowest BCUT2D eigenvalue weighted by Gasteiger charge is -2.32. The van der Waals surface area contributed by atoms with Crippen molar-refractivity contribution in [3.63, 3.8) is 0 Å². The summed E-state index contributed by atoms with van der Waals surface area (Å²) in [5.74, 6) is 0.593. The fourth-order valence-corrected chi connectivity index (χ4v) is 3.43. The number of aromatic nitrogens is 1. The van der Waals surface area contributed by atoms with E-state index in [2.05, 4.69) is 53.5 Å². The summed E-state index contributed by atoms with van der Waals surface area (Å²) in [6, 6.07) is 19.1. The molecule has 2 aromatic carbocycles. The van der Waals surface area contributed by atoms with Gasteiger partial charge in [-0.1, -0.05) is 48.5 Å². The number of para-hydroxylation sites is 1. The van der Waals surface area contributed by atoms with Gasteiger partial charge in [0.25, 0.3) is 0 Å². The fourth-order valence-electron chi connectivity index (χ4n) is 3.43. The lowest BCUT2D eigenvalue weighted by molar-refractivity contribution is 0.500. The fraction of sp³-hybridized carbons (Fsp3) is 0.211. The van der Waals surface area contributed by atoms with Gasteiger partial charge in [-0.2, -0.15) is 0 Å². The van der Waals surface area contributed by atoms with Crippen LogP contribution in [0.1, 0.15) is 35.1 Å². The predicted molar refractivity (Wildman–Crippen MR) is 86.2 cm³/mol. The van der Waals surface area contributed by atoms with Crippen LogP contribution in [0.5, 0.6) is 0 Å². The van der Waals surface area contributed by atoms with E-state index in [0.717, 1.165) is 23.9 Å². The van der Waals surface area contributed by atoms with Crippen LogP contribution < -0.4 is 5.73 Å². The molecule has 4 rings (SSSR count). The summed E-state index contributed by atoms with van der Waals surface area (Å²) in [7, 11) is 0. The molecule has 2 nitrogen and oxygen atoms in total. The SMILES string of the molecule is NC(CC1Cc2ccccc21)c1cccc2cccnc12. The minimum atomic E-state index is 0.0435. The van der Waals surface area contributed by atoms with E-state index >= 15 is 0 Å². The Hall–Kier alpha value is -2.19. The Morgan fingerprint density at radius 2 is 1.90 bits per heavy atom. The molecule has 0 amide bonds. The second kappa shape index (κ2) is 4.97. The van der Waals surface area contributed by atoms with Crippen LogP contribution in [0.4, 0.5) is 0 Å². The molecule has 2 N–H and O–H groups in total. The zero-order valence-electron chi connectivity index (χ0n) is 11.9. The lowest BCUT2D eigenvalue weighted by Crippen LogP contribution is -2.23. The maximum atomic E-state index is 6.49. The highest BCUT2D eigenvalue weighted by Crippen LogP contribution is 2.40. The number of pyridine rings is 1. The number of nitrogens with two attached hydrogens (primary N) is 1. The van der Waals surface area contributed by atoms with Crippen molar-refractivity contribution in [1.82, 2.24) is 4.98 Å². The molecule has 104 valence electrons. The molecule has 0 spiro atoms. The Balaban J connectivity index is 1.62. The highest BCUT2D eigenvalue weighted by molar-refractivity contribution is 5.82. The van der Waals surface area contributed by atoms with Crippen molar-refractivity contribution in [2.75, 3.05) is 0 Å². The molecule has 1 aliphatic carbocycles. The van der Waals surface area contributed by atoms with Gasteiger partial charge >= 0.3 is 0 Å². The van der Waals surface area contributed by atoms with E-state index in [4.69, 9.17) is 5.73 Å². The second-order valence-electron chi connectivity index (χ2n) is 5.86. The van der Waals surface area contributed by atoms with Crippen LogP contribution in [0.25, 0.3) is 10.9 Å². The molecule has 1 aromatic heterocycles. The van der Waals surface area contributed by atoms with E-state index in [9.17, 15) is 0 Å². The first-order valence-corrected chi connectivity index (χ1v) is 7.50. The number of nitrogens with zero attached hydrogens (tertiary/aromatic N) is 1. The molecule has 1 heterocycles. The maximum absolute atomic E-state index is 6.49. The lowest BCUT2D eigenvalue weighted by atomic mass is 9.74. The minimum Gasteiger partial charge on any atom is -0.324 e. The van der Waals surface area contributed by atoms with E-state index in [1.807, 2.05) is 12.3 Å². The van der Waals surface area contributed by atoms with Gasteiger partial charge in [0, 0.05) is 17.6 Å². The Morgan fingerprint density at radius 1 is 1.05 bits per heavy atom. The number of fused-ring (bicyclic) bond motifs is 2. The minimum absolute atomic E-state index is 0.0435. The van der Waals surface area contributed by atoms with Gasteiger partial charge in [0.1, 0.15) is 0 Å². The van der Waals surface area contributed by atoms with Crippen LogP contribution in [-0.4, -0.2) is 4.98 Å². The summed E-state index contributed by atoms with van der Waals surface area (Å²) in [4.78, 5) is 4.52. The zero-order chi connectivity index (χ0) is 14.2. The summed E-state index contributed by atoms with van der Waals surface area (Å²) < 4.78 is 0. The summed E-state index contributed by atoms with van der Waals surface area (Å²) in [5.41, 5.74) is 11.6. The van der Waals surface area contributed by atoms with Gasteiger partial charge in [-0.3, -0.25) is 4.98 Å². The Bertz CT molecular complexity index is 789. The van der Waals surface area contributed by atoms with Crippen LogP contribution in [0, 0.1) is 0 Å². The molecule has 3 aromatic rings. The van der Waals surface area contributed by atoms with E-state index in [1.54, 1.807) is 0 Å². The number of hydrogen-bond acceptors (Lipinski definition) is 2. The molecule has 2 heteroatoms. The summed E-state index contributed by atoms with van der Waals surface area (Å²) in [6.07, 6.45) is 3.99. The van der Waals surface area contributed by atoms with Gasteiger partial charge in [0.2, 0.25) is 0 Å². The third-order valence-electron chi connectivity index (χ3n) is 4.56. The molecule has 0 saturated heterocycles. The molecule has 2 unspecified atom stereocenters. The van der Waals surface area contributed by atoms with Crippen molar-refractivity contribution in [2.24, 2.45) is 5.73 Å². The van der Waals surface area contributed by atoms with Gasteiger partial charge in [0.15, 0.2) is 0 Å². The largest absolute Gasteiger partial charge is 0.324 e. The Morgan fingerprint density at radius 3 is 2.81 bits per heavy atom. The molecule has 21 heavy (non-hydrogen) atoms. The van der Waals surface area contributed by atoms with Crippen molar-refractivity contribution >= 4 is 10.9 Å². The quantitative estimate of drug-likeness (QED) is 0.785. The highest BCUT2D eigenvalue weighted by Gasteiger charge is 2.27. The molecule has 0 saturated carbocycles. The number of benzene rings is 2. The van der Waals surface area contributed by atoms with Gasteiger partial charge in [-0.05, 0) is 41.5 Å². The summed E-state index contributed by atoms with van der Waals surface area (Å²) in [6.45, 7) is 0. The normalized spacial score (nSPS) is 18.0. The monoisotopic (exact) mass is 274 g/mol. The van der Waals surface area contributed by atoms with Gasteiger partial charge in [-0.25, -0.2) is 0 Å². The van der Waals surface area contributed by atoms with Crippen molar-refractivity contribution in [1.29, 1.82) is 0 Å². The molecule has 2 atom stereocenters. The highest BCUT2D eigenvalue weighted by atomic mass is 14.7. The summed E-state index contributed by atoms with van der Waals surface area (Å²) >= 11 is 0. The van der Waals surface area contributed by atoms with Crippen molar-refractivity contribution < 1.29 is 0 Å². The first-order valence-electron chi connectivity index (χ1n) is 7.50. The van der Waals surface area contributed by atoms with Crippen molar-refractivity contribution in [3.05, 3.63) is 77.5 Å². The van der Waals surface area contributed by atoms with Crippen LogP contribution in [0.2, 0.25) is 0 Å². The molecular formula is C19H18N2. The first kappa shape index (κ1) is 12.5. The molecule has 0 bridgehead atoms. The van der Waals surface area contributed by atoms with Gasteiger partial charge in [0.05, 0.1) is 5.52 Å². The van der Waals surface area contributed by atoms with E-state index in [-0.39, 0.29) is 6.04 Å². The third kappa shape index (κ3) is 2.12. The van der Waals surface area contributed by atoms with E-state index in [1.165, 1.54) is 16.5 Å². The average Bonchev–Trinajstić information content (AvgIpc) is 2.52. The molecular weight excluding hydrogens is 256 g/mol.